The van der Waals surface area contributed by atoms with Gasteiger partial charge in [-0.1, -0.05) is 80.6 Å². The largest absolute Gasteiger partial charge is 0.328 e. The topological polar surface area (TPSA) is 36.7 Å². The third kappa shape index (κ3) is 3.70. The van der Waals surface area contributed by atoms with Crippen LogP contribution >= 0.6 is 0 Å². The third-order valence-corrected chi connectivity index (χ3v) is 8.46. The number of hydrogen-bond donors (Lipinski definition) is 0. The summed E-state index contributed by atoms with van der Waals surface area (Å²) in [7, 11) is 0. The average molecular weight is 532 g/mol. The highest BCUT2D eigenvalue weighted by atomic mass is 15.3. The molecule has 0 fully saturated rings. The summed E-state index contributed by atoms with van der Waals surface area (Å²) >= 11 is 0. The van der Waals surface area contributed by atoms with Crippen LogP contribution in [0.4, 0.5) is 11.4 Å². The third-order valence-electron chi connectivity index (χ3n) is 8.46. The molecular formula is C36H29N5. The van der Waals surface area contributed by atoms with Gasteiger partial charge >= 0.3 is 0 Å². The van der Waals surface area contributed by atoms with Gasteiger partial charge in [0, 0.05) is 40.0 Å². The molecular weight excluding hydrogens is 502 g/mol. The SMILES string of the molecule is CC(C)(c1cccc(N2C=CN(c3ccccc3)C2)c1)c1ccc2c(n1)c1ccccc1c1nc3ccccc3n21. The van der Waals surface area contributed by atoms with Crippen LogP contribution in [-0.4, -0.2) is 21.0 Å². The lowest BCUT2D eigenvalue weighted by Gasteiger charge is -2.28. The second-order valence-electron chi connectivity index (χ2n) is 11.3. The van der Waals surface area contributed by atoms with Crippen LogP contribution < -0.4 is 9.80 Å². The number of pyridine rings is 2. The number of aromatic nitrogens is 3. The molecule has 0 N–H and O–H groups in total. The van der Waals surface area contributed by atoms with E-state index in [9.17, 15) is 0 Å². The van der Waals surface area contributed by atoms with Crippen molar-refractivity contribution in [1.29, 1.82) is 0 Å². The fraction of sp³-hybridized carbons (Fsp3) is 0.111. The molecule has 0 atom stereocenters. The zero-order chi connectivity index (χ0) is 27.6. The van der Waals surface area contributed by atoms with Crippen molar-refractivity contribution >= 4 is 49.9 Å². The Balaban J connectivity index is 1.23. The molecule has 5 heteroatoms. The molecule has 4 heterocycles. The van der Waals surface area contributed by atoms with Gasteiger partial charge < -0.3 is 9.80 Å². The molecule has 1 aliphatic heterocycles. The number of fused-ring (bicyclic) bond motifs is 8. The van der Waals surface area contributed by atoms with E-state index in [-0.39, 0.29) is 5.41 Å². The van der Waals surface area contributed by atoms with Gasteiger partial charge in [-0.15, -0.1) is 0 Å². The quantitative estimate of drug-likeness (QED) is 0.214. The lowest BCUT2D eigenvalue weighted by atomic mass is 9.81. The first-order valence-electron chi connectivity index (χ1n) is 14.0. The summed E-state index contributed by atoms with van der Waals surface area (Å²) in [5.74, 6) is 0. The van der Waals surface area contributed by atoms with E-state index in [0.717, 1.165) is 50.8 Å². The molecule has 0 saturated heterocycles. The van der Waals surface area contributed by atoms with Gasteiger partial charge in [-0.25, -0.2) is 9.97 Å². The maximum Gasteiger partial charge on any atom is 0.146 e. The summed E-state index contributed by atoms with van der Waals surface area (Å²) in [6, 6.07) is 40.6. The van der Waals surface area contributed by atoms with Gasteiger partial charge in [0.25, 0.3) is 0 Å². The van der Waals surface area contributed by atoms with E-state index in [1.807, 2.05) is 6.07 Å². The maximum absolute atomic E-state index is 5.38. The summed E-state index contributed by atoms with van der Waals surface area (Å²) in [6.07, 6.45) is 4.30. The minimum Gasteiger partial charge on any atom is -0.328 e. The molecule has 5 nitrogen and oxygen atoms in total. The van der Waals surface area contributed by atoms with Crippen molar-refractivity contribution in [3.05, 3.63) is 139 Å². The molecule has 1 aliphatic rings. The Morgan fingerprint density at radius 1 is 0.610 bits per heavy atom. The van der Waals surface area contributed by atoms with Crippen LogP contribution in [-0.2, 0) is 5.41 Å². The lowest BCUT2D eigenvalue weighted by Crippen LogP contribution is -2.25. The van der Waals surface area contributed by atoms with Crippen LogP contribution in [0.1, 0.15) is 25.1 Å². The van der Waals surface area contributed by atoms with Crippen molar-refractivity contribution in [2.45, 2.75) is 19.3 Å². The molecule has 0 saturated carbocycles. The van der Waals surface area contributed by atoms with Gasteiger partial charge in [0.05, 0.1) is 34.4 Å². The first-order valence-corrected chi connectivity index (χ1v) is 14.0. The summed E-state index contributed by atoms with van der Waals surface area (Å²) in [6.45, 7) is 5.32. The highest BCUT2D eigenvalue weighted by Gasteiger charge is 2.27. The number of imidazole rings is 1. The average Bonchev–Trinajstić information content (AvgIpc) is 3.68. The molecule has 0 radical (unpaired) electrons. The Hall–Kier alpha value is -5.16. The Morgan fingerprint density at radius 2 is 1.32 bits per heavy atom. The first-order chi connectivity index (χ1) is 20.1. The maximum atomic E-state index is 5.38. The van der Waals surface area contributed by atoms with Crippen LogP contribution in [0.2, 0.25) is 0 Å². The zero-order valence-electron chi connectivity index (χ0n) is 23.1. The first kappa shape index (κ1) is 23.7. The van der Waals surface area contributed by atoms with Gasteiger partial charge in [0.1, 0.15) is 5.65 Å². The molecule has 0 amide bonds. The van der Waals surface area contributed by atoms with E-state index in [1.165, 1.54) is 16.9 Å². The fourth-order valence-corrected chi connectivity index (χ4v) is 6.11. The Labute approximate surface area is 238 Å². The number of rotatable bonds is 4. The summed E-state index contributed by atoms with van der Waals surface area (Å²) in [4.78, 5) is 14.9. The van der Waals surface area contributed by atoms with Crippen molar-refractivity contribution in [1.82, 2.24) is 14.4 Å². The monoisotopic (exact) mass is 531 g/mol. The lowest BCUT2D eigenvalue weighted by molar-refractivity contribution is 0.620. The van der Waals surface area contributed by atoms with Crippen LogP contribution in [0.25, 0.3) is 38.5 Å². The van der Waals surface area contributed by atoms with Gasteiger partial charge in [-0.2, -0.15) is 0 Å². The van der Waals surface area contributed by atoms with Crippen molar-refractivity contribution in [3.8, 4) is 0 Å². The zero-order valence-corrected chi connectivity index (χ0v) is 23.1. The molecule has 198 valence electrons. The Bertz CT molecular complexity index is 2120. The van der Waals surface area contributed by atoms with Gasteiger partial charge in [-0.05, 0) is 54.1 Å². The van der Waals surface area contributed by atoms with Gasteiger partial charge in [0.15, 0.2) is 0 Å². The molecule has 7 aromatic rings. The summed E-state index contributed by atoms with van der Waals surface area (Å²) in [5.41, 5.74) is 9.46. The van der Waals surface area contributed by atoms with Crippen LogP contribution in [0.5, 0.6) is 0 Å². The minimum absolute atomic E-state index is 0.306. The van der Waals surface area contributed by atoms with Crippen LogP contribution in [0.15, 0.2) is 128 Å². The van der Waals surface area contributed by atoms with E-state index in [1.54, 1.807) is 0 Å². The molecule has 0 aliphatic carbocycles. The smallest absolute Gasteiger partial charge is 0.146 e. The van der Waals surface area contributed by atoms with E-state index < -0.39 is 0 Å². The number of para-hydroxylation sites is 3. The Kier molecular flexibility index (Phi) is 5.16. The normalized spacial score (nSPS) is 13.8. The second-order valence-corrected chi connectivity index (χ2v) is 11.3. The predicted octanol–water partition coefficient (Wildman–Crippen LogP) is 8.27. The number of anilines is 2. The summed E-state index contributed by atoms with van der Waals surface area (Å²) in [5, 5.41) is 2.24. The molecule has 0 unspecified atom stereocenters. The molecule has 0 spiro atoms. The molecule has 8 rings (SSSR count). The van der Waals surface area contributed by atoms with Crippen LogP contribution in [0, 0.1) is 0 Å². The molecule has 3 aromatic heterocycles. The molecule has 41 heavy (non-hydrogen) atoms. The predicted molar refractivity (Wildman–Crippen MR) is 169 cm³/mol. The van der Waals surface area contributed by atoms with E-state index in [0.29, 0.717) is 0 Å². The van der Waals surface area contributed by atoms with Crippen molar-refractivity contribution < 1.29 is 0 Å². The van der Waals surface area contributed by atoms with Crippen molar-refractivity contribution in [2.75, 3.05) is 16.5 Å². The summed E-state index contributed by atoms with van der Waals surface area (Å²) < 4.78 is 2.26. The van der Waals surface area contributed by atoms with Gasteiger partial charge in [0.2, 0.25) is 0 Å². The number of benzene rings is 4. The second kappa shape index (κ2) is 8.93. The fourth-order valence-electron chi connectivity index (χ4n) is 6.11. The molecule has 4 aromatic carbocycles. The standard InChI is InChI=1S/C36H29N5/c1-36(2,25-11-10-14-27(23-25)40-22-21-39(24-40)26-12-4-3-5-13-26)33-20-19-32-34(38-33)28-15-6-7-16-29(28)35-37-30-17-8-9-18-31(30)41(32)35/h3-23H,24H2,1-2H3. The highest BCUT2D eigenvalue weighted by Crippen LogP contribution is 2.37. The van der Waals surface area contributed by atoms with Crippen molar-refractivity contribution in [3.63, 3.8) is 0 Å². The Morgan fingerprint density at radius 3 is 2.17 bits per heavy atom. The number of nitrogens with zero attached hydrogens (tertiary/aromatic N) is 5. The van der Waals surface area contributed by atoms with Gasteiger partial charge in [-0.3, -0.25) is 4.40 Å². The van der Waals surface area contributed by atoms with Crippen molar-refractivity contribution in [2.24, 2.45) is 0 Å². The van der Waals surface area contributed by atoms with E-state index in [2.05, 4.69) is 150 Å². The minimum atomic E-state index is -0.306. The van der Waals surface area contributed by atoms with E-state index in [4.69, 9.17) is 9.97 Å². The molecule has 0 bridgehead atoms. The highest BCUT2D eigenvalue weighted by molar-refractivity contribution is 6.12. The van der Waals surface area contributed by atoms with E-state index >= 15 is 0 Å². The van der Waals surface area contributed by atoms with Crippen LogP contribution in [0.3, 0.4) is 0 Å². The number of hydrogen-bond acceptors (Lipinski definition) is 4.